The Morgan fingerprint density at radius 3 is 2.65 bits per heavy atom. The second kappa shape index (κ2) is 10.5. The molecule has 5 nitrogen and oxygen atoms in total. The second-order valence-corrected chi connectivity index (χ2v) is 6.50. The summed E-state index contributed by atoms with van der Waals surface area (Å²) in [4.78, 5) is 4.57. The van der Waals surface area contributed by atoms with Crippen LogP contribution in [0.5, 0.6) is 0 Å². The molecule has 0 aliphatic carbocycles. The molecule has 3 N–H and O–H groups in total. The molecule has 0 fully saturated rings. The van der Waals surface area contributed by atoms with Crippen molar-refractivity contribution in [2.24, 2.45) is 4.99 Å². The molecular formula is C19H27FIN3O2. The first-order chi connectivity index (χ1) is 11.9. The lowest BCUT2D eigenvalue weighted by molar-refractivity contribution is 0.153. The van der Waals surface area contributed by atoms with Gasteiger partial charge in [0.2, 0.25) is 0 Å². The maximum Gasteiger partial charge on any atom is 0.191 e. The van der Waals surface area contributed by atoms with Gasteiger partial charge >= 0.3 is 0 Å². The number of benzene rings is 1. The predicted octanol–water partition coefficient (Wildman–Crippen LogP) is 3.60. The van der Waals surface area contributed by atoms with Crippen LogP contribution in [0.1, 0.15) is 38.2 Å². The molecule has 1 unspecified atom stereocenters. The summed E-state index contributed by atoms with van der Waals surface area (Å²) in [5.41, 5.74) is 0.576. The maximum atomic E-state index is 13.5. The molecule has 2 rings (SSSR count). The Morgan fingerprint density at radius 1 is 1.27 bits per heavy atom. The van der Waals surface area contributed by atoms with Crippen LogP contribution in [0.2, 0.25) is 0 Å². The molecule has 1 aromatic carbocycles. The van der Waals surface area contributed by atoms with Gasteiger partial charge in [-0.05, 0) is 36.8 Å². The molecule has 0 bridgehead atoms. The minimum Gasteiger partial charge on any atom is -0.467 e. The fourth-order valence-electron chi connectivity index (χ4n) is 2.39. The summed E-state index contributed by atoms with van der Waals surface area (Å²) >= 11 is 0. The van der Waals surface area contributed by atoms with Crippen LogP contribution in [-0.4, -0.2) is 30.7 Å². The van der Waals surface area contributed by atoms with Crippen molar-refractivity contribution in [2.45, 2.75) is 32.3 Å². The van der Waals surface area contributed by atoms with Gasteiger partial charge in [0, 0.05) is 12.0 Å². The number of aliphatic imine (C=N–C) groups is 1. The Labute approximate surface area is 171 Å². The number of aliphatic hydroxyl groups is 1. The average Bonchev–Trinajstić information content (AvgIpc) is 3.12. The van der Waals surface area contributed by atoms with E-state index in [1.54, 1.807) is 18.2 Å². The Balaban J connectivity index is 0.00000338. The van der Waals surface area contributed by atoms with Gasteiger partial charge in [-0.1, -0.05) is 26.0 Å². The van der Waals surface area contributed by atoms with Crippen LogP contribution < -0.4 is 10.6 Å². The molecule has 0 radical (unpaired) electrons. The van der Waals surface area contributed by atoms with E-state index in [-0.39, 0.29) is 41.8 Å². The number of guanidine groups is 1. The third kappa shape index (κ3) is 6.60. The van der Waals surface area contributed by atoms with Crippen LogP contribution in [-0.2, 0) is 5.41 Å². The first-order valence-corrected chi connectivity index (χ1v) is 8.42. The summed E-state index contributed by atoms with van der Waals surface area (Å²) in [6.45, 7) is 7.46. The zero-order valence-electron chi connectivity index (χ0n) is 15.3. The van der Waals surface area contributed by atoms with E-state index < -0.39 is 6.10 Å². The summed E-state index contributed by atoms with van der Waals surface area (Å²) in [5.74, 6) is 0.849. The standard InChI is InChI=1S/C19H26FN3O2.HI/c1-4-21-18(22-12-16(24)17-9-6-10-25-17)23-13-19(2,3)14-7-5-8-15(20)11-14;/h5-11,16,24H,4,12-13H2,1-3H3,(H2,21,22,23);1H. The van der Waals surface area contributed by atoms with Crippen molar-refractivity contribution in [3.63, 3.8) is 0 Å². The van der Waals surface area contributed by atoms with Crippen molar-refractivity contribution < 1.29 is 13.9 Å². The minimum atomic E-state index is -0.755. The average molecular weight is 475 g/mol. The van der Waals surface area contributed by atoms with Crippen molar-refractivity contribution in [2.75, 3.05) is 19.6 Å². The van der Waals surface area contributed by atoms with E-state index in [1.807, 2.05) is 26.8 Å². The highest BCUT2D eigenvalue weighted by Gasteiger charge is 2.21. The zero-order valence-corrected chi connectivity index (χ0v) is 17.7. The van der Waals surface area contributed by atoms with Crippen LogP contribution in [0.4, 0.5) is 4.39 Å². The molecule has 1 aromatic heterocycles. The van der Waals surface area contributed by atoms with Gasteiger partial charge in [-0.3, -0.25) is 4.99 Å². The van der Waals surface area contributed by atoms with Crippen molar-refractivity contribution in [1.29, 1.82) is 0 Å². The topological polar surface area (TPSA) is 69.8 Å². The normalized spacial score (nSPS) is 13.0. The van der Waals surface area contributed by atoms with Crippen LogP contribution in [0.15, 0.2) is 52.1 Å². The van der Waals surface area contributed by atoms with Crippen LogP contribution in [0, 0.1) is 5.82 Å². The van der Waals surface area contributed by atoms with E-state index in [9.17, 15) is 9.50 Å². The molecule has 144 valence electrons. The highest BCUT2D eigenvalue weighted by atomic mass is 127. The molecule has 0 amide bonds. The number of hydrogen-bond acceptors (Lipinski definition) is 3. The first-order valence-electron chi connectivity index (χ1n) is 8.42. The molecule has 0 spiro atoms. The van der Waals surface area contributed by atoms with Crippen molar-refractivity contribution in [3.8, 4) is 0 Å². The Kier molecular flexibility index (Phi) is 9.07. The Hall–Kier alpha value is -1.61. The minimum absolute atomic E-state index is 0. The largest absolute Gasteiger partial charge is 0.467 e. The lowest BCUT2D eigenvalue weighted by Crippen LogP contribution is -2.40. The van der Waals surface area contributed by atoms with E-state index >= 15 is 0 Å². The molecule has 0 saturated carbocycles. The summed E-state index contributed by atoms with van der Waals surface area (Å²) < 4.78 is 18.6. The van der Waals surface area contributed by atoms with Gasteiger partial charge in [0.05, 0.1) is 19.4 Å². The van der Waals surface area contributed by atoms with Gasteiger partial charge in [-0.25, -0.2) is 4.39 Å². The molecule has 0 aliphatic rings. The molecule has 1 atom stereocenters. The van der Waals surface area contributed by atoms with Crippen molar-refractivity contribution >= 4 is 29.9 Å². The number of rotatable bonds is 7. The van der Waals surface area contributed by atoms with Crippen LogP contribution in [0.3, 0.4) is 0 Å². The monoisotopic (exact) mass is 475 g/mol. The number of aliphatic hydroxyl groups excluding tert-OH is 1. The molecule has 2 aromatic rings. The fraction of sp³-hybridized carbons (Fsp3) is 0.421. The predicted molar refractivity (Wildman–Crippen MR) is 112 cm³/mol. The molecule has 0 aliphatic heterocycles. The van der Waals surface area contributed by atoms with Crippen molar-refractivity contribution in [3.05, 3.63) is 59.8 Å². The molecule has 26 heavy (non-hydrogen) atoms. The van der Waals surface area contributed by atoms with Crippen molar-refractivity contribution in [1.82, 2.24) is 10.6 Å². The number of hydrogen-bond donors (Lipinski definition) is 3. The van der Waals surface area contributed by atoms with E-state index in [0.29, 0.717) is 24.8 Å². The highest BCUT2D eigenvalue weighted by Crippen LogP contribution is 2.24. The maximum absolute atomic E-state index is 13.5. The quantitative estimate of drug-likeness (QED) is 0.325. The number of nitrogens with one attached hydrogen (secondary N) is 2. The fourth-order valence-corrected chi connectivity index (χ4v) is 2.39. The summed E-state index contributed by atoms with van der Waals surface area (Å²) in [6, 6.07) is 10.0. The third-order valence-corrected chi connectivity index (χ3v) is 3.92. The van der Waals surface area contributed by atoms with Gasteiger partial charge in [-0.15, -0.1) is 24.0 Å². The van der Waals surface area contributed by atoms with Crippen LogP contribution >= 0.6 is 24.0 Å². The van der Waals surface area contributed by atoms with E-state index in [0.717, 1.165) is 5.56 Å². The summed E-state index contributed by atoms with van der Waals surface area (Å²) in [5, 5.41) is 16.3. The first kappa shape index (κ1) is 22.4. The van der Waals surface area contributed by atoms with Gasteiger partial charge < -0.3 is 20.2 Å². The summed E-state index contributed by atoms with van der Waals surface area (Å²) in [7, 11) is 0. The smallest absolute Gasteiger partial charge is 0.191 e. The summed E-state index contributed by atoms with van der Waals surface area (Å²) in [6.07, 6.45) is 0.773. The van der Waals surface area contributed by atoms with E-state index in [2.05, 4.69) is 15.6 Å². The lowest BCUT2D eigenvalue weighted by Gasteiger charge is -2.24. The highest BCUT2D eigenvalue weighted by molar-refractivity contribution is 14.0. The third-order valence-electron chi connectivity index (χ3n) is 3.92. The van der Waals surface area contributed by atoms with Gasteiger partial charge in [0.15, 0.2) is 5.96 Å². The number of halogens is 2. The van der Waals surface area contributed by atoms with Gasteiger partial charge in [-0.2, -0.15) is 0 Å². The number of furan rings is 1. The van der Waals surface area contributed by atoms with E-state index in [4.69, 9.17) is 4.42 Å². The zero-order chi connectivity index (χ0) is 18.3. The lowest BCUT2D eigenvalue weighted by atomic mass is 9.85. The number of nitrogens with zero attached hydrogens (tertiary/aromatic N) is 1. The SMILES string of the molecule is CCNC(=NCC(C)(C)c1cccc(F)c1)NCC(O)c1ccco1.I. The molecular weight excluding hydrogens is 448 g/mol. The van der Waals surface area contributed by atoms with Crippen LogP contribution in [0.25, 0.3) is 0 Å². The van der Waals surface area contributed by atoms with E-state index in [1.165, 1.54) is 18.4 Å². The van der Waals surface area contributed by atoms with Gasteiger partial charge in [0.25, 0.3) is 0 Å². The Morgan fingerprint density at radius 2 is 2.04 bits per heavy atom. The Bertz CT molecular complexity index is 690. The molecule has 1 heterocycles. The molecule has 0 saturated heterocycles. The second-order valence-electron chi connectivity index (χ2n) is 6.50. The van der Waals surface area contributed by atoms with Gasteiger partial charge in [0.1, 0.15) is 17.7 Å². The molecule has 7 heteroatoms.